The predicted molar refractivity (Wildman–Crippen MR) is 112 cm³/mol. The van der Waals surface area contributed by atoms with Gasteiger partial charge in [-0.1, -0.05) is 23.7 Å². The number of carbonyl (C=O) groups is 1. The molecule has 2 aromatic heterocycles. The van der Waals surface area contributed by atoms with Crippen LogP contribution >= 0.6 is 11.6 Å². The molecule has 0 bridgehead atoms. The average molecular weight is 398 g/mol. The number of hydrogen-bond donors (Lipinski definition) is 0. The van der Waals surface area contributed by atoms with Crippen LogP contribution in [0.5, 0.6) is 0 Å². The number of piperidine rings is 1. The first-order valence-corrected chi connectivity index (χ1v) is 9.86. The Kier molecular flexibility index (Phi) is 5.08. The van der Waals surface area contributed by atoms with Gasteiger partial charge < -0.3 is 14.4 Å². The number of imidazole rings is 1. The van der Waals surface area contributed by atoms with Crippen LogP contribution in [0.1, 0.15) is 23.2 Å². The van der Waals surface area contributed by atoms with Gasteiger partial charge in [0.15, 0.2) is 5.65 Å². The van der Waals surface area contributed by atoms with Gasteiger partial charge in [-0.2, -0.15) is 0 Å². The normalized spacial score (nSPS) is 15.9. The van der Waals surface area contributed by atoms with Gasteiger partial charge in [-0.15, -0.1) is 0 Å². The maximum absolute atomic E-state index is 13.0. The lowest BCUT2D eigenvalue weighted by Gasteiger charge is -2.35. The summed E-state index contributed by atoms with van der Waals surface area (Å²) in [5.41, 5.74) is 2.84. The molecule has 0 saturated carbocycles. The number of aryl methyl sites for hydroxylation is 1. The van der Waals surface area contributed by atoms with Gasteiger partial charge in [0.1, 0.15) is 11.3 Å². The number of amides is 1. The lowest BCUT2D eigenvalue weighted by molar-refractivity contribution is 0.0659. The van der Waals surface area contributed by atoms with Crippen molar-refractivity contribution in [2.75, 3.05) is 27.2 Å². The number of likely N-dealkylation sites (tertiary alicyclic amines) is 1. The topological polar surface area (TPSA) is 54.3 Å². The first kappa shape index (κ1) is 18.9. The van der Waals surface area contributed by atoms with Gasteiger partial charge in [0.25, 0.3) is 5.91 Å². The van der Waals surface area contributed by atoms with E-state index in [-0.39, 0.29) is 11.9 Å². The van der Waals surface area contributed by atoms with Gasteiger partial charge in [0, 0.05) is 31.9 Å². The van der Waals surface area contributed by atoms with Gasteiger partial charge in [-0.25, -0.2) is 9.97 Å². The average Bonchev–Trinajstić information content (AvgIpc) is 3.03. The Bertz CT molecular complexity index is 1020. The Morgan fingerprint density at radius 2 is 1.93 bits per heavy atom. The summed E-state index contributed by atoms with van der Waals surface area (Å²) in [5.74, 6) is 0.732. The van der Waals surface area contributed by atoms with E-state index in [4.69, 9.17) is 16.6 Å². The number of rotatable bonds is 3. The number of fused-ring (bicyclic) bond motifs is 1. The number of nitrogens with zero attached hydrogens (tertiary/aromatic N) is 5. The van der Waals surface area contributed by atoms with Crippen LogP contribution in [0, 0.1) is 0 Å². The number of hydrogen-bond acceptors (Lipinski definition) is 4. The SMILES string of the molecule is CN1CCC(N(C)C(=O)c2cnc3c(c2)nc(-c2ccccc2Cl)n3C)CC1. The lowest BCUT2D eigenvalue weighted by atomic mass is 10.0. The van der Waals surface area contributed by atoms with Crippen molar-refractivity contribution in [1.82, 2.24) is 24.3 Å². The number of aromatic nitrogens is 3. The van der Waals surface area contributed by atoms with E-state index in [1.165, 1.54) is 0 Å². The van der Waals surface area contributed by atoms with Crippen LogP contribution in [-0.2, 0) is 7.05 Å². The zero-order chi connectivity index (χ0) is 19.8. The summed E-state index contributed by atoms with van der Waals surface area (Å²) in [6, 6.07) is 9.69. The molecule has 7 heteroatoms. The third kappa shape index (κ3) is 3.38. The Morgan fingerprint density at radius 3 is 2.64 bits per heavy atom. The third-order valence-electron chi connectivity index (χ3n) is 5.63. The molecule has 3 heterocycles. The molecule has 1 aromatic carbocycles. The molecule has 1 saturated heterocycles. The van der Waals surface area contributed by atoms with Crippen LogP contribution in [-0.4, -0.2) is 63.5 Å². The minimum atomic E-state index is -0.00565. The van der Waals surface area contributed by atoms with E-state index in [1.807, 2.05) is 53.9 Å². The molecule has 0 radical (unpaired) electrons. The molecule has 0 aliphatic carbocycles. The monoisotopic (exact) mass is 397 g/mol. The lowest BCUT2D eigenvalue weighted by Crippen LogP contribution is -2.44. The Morgan fingerprint density at radius 1 is 1.21 bits per heavy atom. The molecule has 0 N–H and O–H groups in total. The number of pyridine rings is 1. The fraction of sp³-hybridized carbons (Fsp3) is 0.381. The van der Waals surface area contributed by atoms with Crippen molar-refractivity contribution >= 4 is 28.7 Å². The van der Waals surface area contributed by atoms with Crippen LogP contribution in [0.3, 0.4) is 0 Å². The second-order valence-electron chi connectivity index (χ2n) is 7.49. The van der Waals surface area contributed by atoms with Crippen molar-refractivity contribution in [3.63, 3.8) is 0 Å². The third-order valence-corrected chi connectivity index (χ3v) is 5.96. The van der Waals surface area contributed by atoms with Gasteiger partial charge in [-0.05, 0) is 51.2 Å². The maximum atomic E-state index is 13.0. The predicted octanol–water partition coefficient (Wildman–Crippen LogP) is 3.45. The van der Waals surface area contributed by atoms with Crippen molar-refractivity contribution in [2.24, 2.45) is 7.05 Å². The molecule has 6 nitrogen and oxygen atoms in total. The highest BCUT2D eigenvalue weighted by atomic mass is 35.5. The number of carbonyl (C=O) groups excluding carboxylic acids is 1. The summed E-state index contributed by atoms with van der Waals surface area (Å²) in [4.78, 5) is 26.4. The minimum Gasteiger partial charge on any atom is -0.339 e. The van der Waals surface area contributed by atoms with Crippen LogP contribution in [0.2, 0.25) is 5.02 Å². The van der Waals surface area contributed by atoms with Crippen molar-refractivity contribution in [3.8, 4) is 11.4 Å². The highest BCUT2D eigenvalue weighted by Gasteiger charge is 2.25. The van der Waals surface area contributed by atoms with Crippen molar-refractivity contribution in [1.29, 1.82) is 0 Å². The standard InChI is InChI=1S/C21H24ClN5O/c1-25-10-8-15(9-11-25)26(2)21(28)14-12-18-20(23-13-14)27(3)19(24-18)16-6-4-5-7-17(16)22/h4-7,12-13,15H,8-11H2,1-3H3. The van der Waals surface area contributed by atoms with Gasteiger partial charge in [0.2, 0.25) is 0 Å². The van der Waals surface area contributed by atoms with Crippen LogP contribution in [0.25, 0.3) is 22.6 Å². The summed E-state index contributed by atoms with van der Waals surface area (Å²) < 4.78 is 1.91. The number of benzene rings is 1. The second kappa shape index (κ2) is 7.53. The summed E-state index contributed by atoms with van der Waals surface area (Å²) >= 11 is 6.34. The van der Waals surface area contributed by atoms with Crippen molar-refractivity contribution in [3.05, 3.63) is 47.1 Å². The molecule has 28 heavy (non-hydrogen) atoms. The Balaban J connectivity index is 1.65. The molecule has 0 atom stereocenters. The van der Waals surface area contributed by atoms with Gasteiger partial charge in [0.05, 0.1) is 10.6 Å². The van der Waals surface area contributed by atoms with Crippen molar-refractivity contribution in [2.45, 2.75) is 18.9 Å². The van der Waals surface area contributed by atoms with E-state index >= 15 is 0 Å². The molecular formula is C21H24ClN5O. The van der Waals surface area contributed by atoms with Crippen molar-refractivity contribution < 1.29 is 4.79 Å². The molecule has 4 rings (SSSR count). The summed E-state index contributed by atoms with van der Waals surface area (Å²) in [7, 11) is 5.91. The van der Waals surface area contributed by atoms with E-state index in [0.717, 1.165) is 43.0 Å². The van der Waals surface area contributed by atoms with E-state index < -0.39 is 0 Å². The summed E-state index contributed by atoms with van der Waals surface area (Å²) in [5, 5.41) is 0.638. The van der Waals surface area contributed by atoms with Crippen LogP contribution < -0.4 is 0 Å². The largest absolute Gasteiger partial charge is 0.339 e. The van der Waals surface area contributed by atoms with E-state index in [0.29, 0.717) is 16.1 Å². The highest BCUT2D eigenvalue weighted by Crippen LogP contribution is 2.29. The molecule has 3 aromatic rings. The molecule has 1 fully saturated rings. The fourth-order valence-electron chi connectivity index (χ4n) is 3.83. The quantitative estimate of drug-likeness (QED) is 0.679. The maximum Gasteiger partial charge on any atom is 0.255 e. The summed E-state index contributed by atoms with van der Waals surface area (Å²) in [6.45, 7) is 2.03. The van der Waals surface area contributed by atoms with E-state index in [1.54, 1.807) is 6.20 Å². The van der Waals surface area contributed by atoms with Gasteiger partial charge in [-0.3, -0.25) is 4.79 Å². The first-order valence-electron chi connectivity index (χ1n) is 9.49. The minimum absolute atomic E-state index is 0.00565. The first-order chi connectivity index (χ1) is 13.5. The van der Waals surface area contributed by atoms with Crippen LogP contribution in [0.4, 0.5) is 0 Å². The number of halogens is 1. The second-order valence-corrected chi connectivity index (χ2v) is 7.90. The summed E-state index contributed by atoms with van der Waals surface area (Å²) in [6.07, 6.45) is 3.64. The molecule has 0 spiro atoms. The van der Waals surface area contributed by atoms with E-state index in [9.17, 15) is 4.79 Å². The fourth-order valence-corrected chi connectivity index (χ4v) is 4.05. The molecule has 1 aliphatic rings. The smallest absolute Gasteiger partial charge is 0.255 e. The highest BCUT2D eigenvalue weighted by molar-refractivity contribution is 6.33. The molecule has 1 amide bonds. The zero-order valence-corrected chi connectivity index (χ0v) is 17.1. The zero-order valence-electron chi connectivity index (χ0n) is 16.4. The molecule has 0 unspecified atom stereocenters. The van der Waals surface area contributed by atoms with E-state index in [2.05, 4.69) is 16.9 Å². The molecule has 146 valence electrons. The Labute approximate surface area is 169 Å². The van der Waals surface area contributed by atoms with Crippen LogP contribution in [0.15, 0.2) is 36.5 Å². The molecule has 1 aliphatic heterocycles. The molecular weight excluding hydrogens is 374 g/mol. The Hall–Kier alpha value is -2.44. The van der Waals surface area contributed by atoms with Gasteiger partial charge >= 0.3 is 0 Å².